The zero-order chi connectivity index (χ0) is 22.2. The number of hydrogen-bond donors (Lipinski definition) is 2. The Labute approximate surface area is 178 Å². The van der Waals surface area contributed by atoms with Gasteiger partial charge < -0.3 is 15.8 Å². The highest BCUT2D eigenvalue weighted by Gasteiger charge is 2.20. The van der Waals surface area contributed by atoms with Crippen molar-refractivity contribution in [1.82, 2.24) is 5.32 Å². The number of nitrogens with one attached hydrogen (secondary N) is 1. The molecule has 3 aromatic carbocycles. The molecular formula is C24H22F2N2O3. The number of rotatable bonds is 9. The molecule has 0 aliphatic carbocycles. The van der Waals surface area contributed by atoms with E-state index in [1.54, 1.807) is 24.3 Å². The molecule has 160 valence electrons. The number of carbonyl (C=O) groups is 2. The fraction of sp³-hybridized carbons (Fsp3) is 0.167. The van der Waals surface area contributed by atoms with Gasteiger partial charge in [-0.1, -0.05) is 48.5 Å². The van der Waals surface area contributed by atoms with Crippen molar-refractivity contribution < 1.29 is 23.1 Å². The molecule has 0 heterocycles. The first-order valence-corrected chi connectivity index (χ1v) is 9.69. The predicted molar refractivity (Wildman–Crippen MR) is 112 cm³/mol. The van der Waals surface area contributed by atoms with Crippen molar-refractivity contribution >= 4 is 11.8 Å². The third-order valence-electron chi connectivity index (χ3n) is 4.63. The average Bonchev–Trinajstić information content (AvgIpc) is 2.75. The van der Waals surface area contributed by atoms with Crippen molar-refractivity contribution in [3.63, 3.8) is 0 Å². The normalized spacial score (nSPS) is 11.5. The van der Waals surface area contributed by atoms with Crippen LogP contribution in [0.4, 0.5) is 8.78 Å². The van der Waals surface area contributed by atoms with E-state index in [0.29, 0.717) is 18.4 Å². The van der Waals surface area contributed by atoms with Crippen LogP contribution in [0.1, 0.15) is 16.7 Å². The molecule has 0 fully saturated rings. The van der Waals surface area contributed by atoms with E-state index >= 15 is 0 Å². The Bertz CT molecular complexity index is 1060. The van der Waals surface area contributed by atoms with E-state index in [4.69, 9.17) is 10.5 Å². The zero-order valence-electron chi connectivity index (χ0n) is 16.7. The summed E-state index contributed by atoms with van der Waals surface area (Å²) in [5.41, 5.74) is 7.22. The summed E-state index contributed by atoms with van der Waals surface area (Å²) in [6, 6.07) is 18.8. The van der Waals surface area contributed by atoms with Crippen LogP contribution >= 0.6 is 0 Å². The van der Waals surface area contributed by atoms with Crippen LogP contribution in [0.15, 0.2) is 72.8 Å². The van der Waals surface area contributed by atoms with Crippen molar-refractivity contribution in [3.05, 3.63) is 101 Å². The first kappa shape index (κ1) is 22.0. The Morgan fingerprint density at radius 2 is 1.68 bits per heavy atom. The summed E-state index contributed by atoms with van der Waals surface area (Å²) in [5, 5.41) is 2.52. The van der Waals surface area contributed by atoms with Crippen LogP contribution in [0.2, 0.25) is 0 Å². The second-order valence-electron chi connectivity index (χ2n) is 7.06. The maximum absolute atomic E-state index is 13.8. The van der Waals surface area contributed by atoms with E-state index in [1.165, 1.54) is 6.07 Å². The number of hydrogen-bond acceptors (Lipinski definition) is 3. The lowest BCUT2D eigenvalue weighted by molar-refractivity contribution is -0.127. The van der Waals surface area contributed by atoms with Gasteiger partial charge in [-0.25, -0.2) is 8.78 Å². The number of nitrogens with two attached hydrogens (primary N) is 1. The van der Waals surface area contributed by atoms with Crippen LogP contribution in [-0.4, -0.2) is 17.9 Å². The molecule has 0 bridgehead atoms. The molecule has 7 heteroatoms. The Kier molecular flexibility index (Phi) is 7.32. The molecule has 3 N–H and O–H groups in total. The van der Waals surface area contributed by atoms with Gasteiger partial charge in [0.05, 0.1) is 6.42 Å². The van der Waals surface area contributed by atoms with Crippen LogP contribution < -0.4 is 15.8 Å². The lowest BCUT2D eigenvalue weighted by Crippen LogP contribution is -2.46. The van der Waals surface area contributed by atoms with Gasteiger partial charge in [-0.3, -0.25) is 9.59 Å². The standard InChI is InChI=1S/C24H22F2N2O3/c25-19-10-9-18(21(26)14-19)13-23(29)28-22(24(27)30)12-17-7-4-8-20(11-17)31-15-16-5-2-1-3-6-16/h1-11,14,22H,12-13,15H2,(H2,27,30)(H,28,29)/t22-/m0/s1. The summed E-state index contributed by atoms with van der Waals surface area (Å²) < 4.78 is 32.6. The van der Waals surface area contributed by atoms with Crippen molar-refractivity contribution in [2.24, 2.45) is 5.73 Å². The lowest BCUT2D eigenvalue weighted by Gasteiger charge is -2.16. The monoisotopic (exact) mass is 424 g/mol. The van der Waals surface area contributed by atoms with Crippen molar-refractivity contribution in [2.45, 2.75) is 25.5 Å². The van der Waals surface area contributed by atoms with Gasteiger partial charge in [-0.2, -0.15) is 0 Å². The Morgan fingerprint density at radius 1 is 0.935 bits per heavy atom. The van der Waals surface area contributed by atoms with Crippen molar-refractivity contribution in [2.75, 3.05) is 0 Å². The second kappa shape index (κ2) is 10.3. The first-order valence-electron chi connectivity index (χ1n) is 9.69. The van der Waals surface area contributed by atoms with Gasteiger partial charge in [0.2, 0.25) is 11.8 Å². The van der Waals surface area contributed by atoms with E-state index in [1.807, 2.05) is 30.3 Å². The minimum Gasteiger partial charge on any atom is -0.489 e. The van der Waals surface area contributed by atoms with Gasteiger partial charge in [0.1, 0.15) is 30.0 Å². The maximum Gasteiger partial charge on any atom is 0.240 e. The summed E-state index contributed by atoms with van der Waals surface area (Å²) in [4.78, 5) is 24.1. The van der Waals surface area contributed by atoms with Gasteiger partial charge in [0.25, 0.3) is 0 Å². The van der Waals surface area contributed by atoms with Crippen molar-refractivity contribution in [3.8, 4) is 5.75 Å². The van der Waals surface area contributed by atoms with Gasteiger partial charge in [-0.15, -0.1) is 0 Å². The van der Waals surface area contributed by atoms with Gasteiger partial charge in [0, 0.05) is 12.5 Å². The van der Waals surface area contributed by atoms with E-state index in [9.17, 15) is 18.4 Å². The minimum absolute atomic E-state index is 0.0263. The molecule has 3 aromatic rings. The molecule has 0 spiro atoms. The quantitative estimate of drug-likeness (QED) is 0.553. The first-order chi connectivity index (χ1) is 14.9. The molecule has 3 rings (SSSR count). The van der Waals surface area contributed by atoms with Crippen LogP contribution in [-0.2, 0) is 29.0 Å². The molecule has 0 saturated carbocycles. The molecule has 0 aliphatic rings. The topological polar surface area (TPSA) is 81.4 Å². The van der Waals surface area contributed by atoms with Crippen LogP contribution in [0, 0.1) is 11.6 Å². The third kappa shape index (κ3) is 6.64. The molecular weight excluding hydrogens is 402 g/mol. The molecule has 0 aromatic heterocycles. The summed E-state index contributed by atoms with van der Waals surface area (Å²) in [7, 11) is 0. The molecule has 0 saturated heterocycles. The number of ether oxygens (including phenoxy) is 1. The number of halogens is 2. The number of primary amides is 1. The Morgan fingerprint density at radius 3 is 2.39 bits per heavy atom. The summed E-state index contributed by atoms with van der Waals surface area (Å²) in [6.45, 7) is 0.392. The Balaban J connectivity index is 1.61. The van der Waals surface area contributed by atoms with Gasteiger partial charge in [-0.05, 0) is 34.9 Å². The zero-order valence-corrected chi connectivity index (χ0v) is 16.7. The molecule has 0 aliphatic heterocycles. The van der Waals surface area contributed by atoms with Gasteiger partial charge >= 0.3 is 0 Å². The maximum atomic E-state index is 13.8. The van der Waals surface area contributed by atoms with Crippen LogP contribution in [0.25, 0.3) is 0 Å². The molecule has 1 atom stereocenters. The highest BCUT2D eigenvalue weighted by molar-refractivity contribution is 5.87. The predicted octanol–water partition coefficient (Wildman–Crippen LogP) is 3.30. The minimum atomic E-state index is -0.986. The number of carbonyl (C=O) groups excluding carboxylic acids is 2. The van der Waals surface area contributed by atoms with Gasteiger partial charge in [0.15, 0.2) is 0 Å². The number of benzene rings is 3. The summed E-state index contributed by atoms with van der Waals surface area (Å²) in [6.07, 6.45) is -0.189. The summed E-state index contributed by atoms with van der Waals surface area (Å²) in [5.74, 6) is -2.25. The van der Waals surface area contributed by atoms with E-state index in [2.05, 4.69) is 5.32 Å². The molecule has 0 radical (unpaired) electrons. The van der Waals surface area contributed by atoms with E-state index < -0.39 is 29.5 Å². The average molecular weight is 424 g/mol. The molecule has 31 heavy (non-hydrogen) atoms. The van der Waals surface area contributed by atoms with Crippen LogP contribution in [0.3, 0.4) is 0 Å². The largest absolute Gasteiger partial charge is 0.489 e. The Hall–Kier alpha value is -3.74. The highest BCUT2D eigenvalue weighted by atomic mass is 19.1. The van der Waals surface area contributed by atoms with E-state index in [-0.39, 0.29) is 18.4 Å². The fourth-order valence-electron chi connectivity index (χ4n) is 3.04. The van der Waals surface area contributed by atoms with Crippen LogP contribution in [0.5, 0.6) is 5.75 Å². The molecule has 5 nitrogen and oxygen atoms in total. The van der Waals surface area contributed by atoms with E-state index in [0.717, 1.165) is 17.2 Å². The second-order valence-corrected chi connectivity index (χ2v) is 7.06. The molecule has 2 amide bonds. The smallest absolute Gasteiger partial charge is 0.240 e. The lowest BCUT2D eigenvalue weighted by atomic mass is 10.0. The fourth-order valence-corrected chi connectivity index (χ4v) is 3.04. The summed E-state index contributed by atoms with van der Waals surface area (Å²) >= 11 is 0. The highest BCUT2D eigenvalue weighted by Crippen LogP contribution is 2.17. The molecule has 0 unspecified atom stereocenters. The number of amides is 2. The third-order valence-corrected chi connectivity index (χ3v) is 4.63. The van der Waals surface area contributed by atoms with Crippen molar-refractivity contribution in [1.29, 1.82) is 0 Å². The SMILES string of the molecule is NC(=O)[C@H](Cc1cccc(OCc2ccccc2)c1)NC(=O)Cc1ccc(F)cc1F.